The highest BCUT2D eigenvalue weighted by molar-refractivity contribution is 7.90. The van der Waals surface area contributed by atoms with Crippen molar-refractivity contribution in [2.24, 2.45) is 0 Å². The van der Waals surface area contributed by atoms with Gasteiger partial charge in [-0.15, -0.1) is 6.58 Å². The lowest BCUT2D eigenvalue weighted by Gasteiger charge is -2.14. The molecule has 0 aliphatic carbocycles. The molecule has 0 atom stereocenters. The van der Waals surface area contributed by atoms with Gasteiger partial charge in [0.2, 0.25) is 0 Å². The highest BCUT2D eigenvalue weighted by atomic mass is 32.2. The van der Waals surface area contributed by atoms with Gasteiger partial charge in [0.1, 0.15) is 0 Å². The average Bonchev–Trinajstić information content (AvgIpc) is 2.13. The zero-order chi connectivity index (χ0) is 12.3. The highest BCUT2D eigenvalue weighted by Gasteiger charge is 2.52. The molecule has 0 aromatic heterocycles. The Balaban J connectivity index is 5.20. The van der Waals surface area contributed by atoms with Crippen LogP contribution in [0.25, 0.3) is 0 Å². The molecular formula is C6H6F5NO2S. The van der Waals surface area contributed by atoms with Crippen LogP contribution in [-0.2, 0) is 10.0 Å². The first-order chi connectivity index (χ1) is 6.66. The van der Waals surface area contributed by atoms with Crippen LogP contribution in [0.3, 0.4) is 0 Å². The predicted octanol–water partition coefficient (Wildman–Crippen LogP) is 1.76. The Morgan fingerprint density at radius 1 is 1.33 bits per heavy atom. The standard InChI is InChI=1S/C6H6F5NO2S/c1-2-3-12-15(13,14)6(10,11)4(7)5(8)9/h2,12H,1,3H2. The molecule has 0 saturated carbocycles. The minimum atomic E-state index is -5.53. The van der Waals surface area contributed by atoms with Gasteiger partial charge in [-0.05, 0) is 0 Å². The van der Waals surface area contributed by atoms with E-state index in [1.165, 1.54) is 4.72 Å². The molecule has 0 radical (unpaired) electrons. The van der Waals surface area contributed by atoms with Gasteiger partial charge in [0.25, 0.3) is 15.9 Å². The molecule has 0 bridgehead atoms. The summed E-state index contributed by atoms with van der Waals surface area (Å²) < 4.78 is 82.7. The van der Waals surface area contributed by atoms with Crippen molar-refractivity contribution in [3.8, 4) is 0 Å². The lowest BCUT2D eigenvalue weighted by atomic mass is 10.6. The van der Waals surface area contributed by atoms with E-state index >= 15 is 0 Å². The Labute approximate surface area is 82.3 Å². The second-order valence-corrected chi connectivity index (χ2v) is 4.04. The van der Waals surface area contributed by atoms with Crippen LogP contribution in [0.5, 0.6) is 0 Å². The Hall–Kier alpha value is -0.960. The van der Waals surface area contributed by atoms with Crippen molar-refractivity contribution in [3.05, 3.63) is 24.6 Å². The van der Waals surface area contributed by atoms with Gasteiger partial charge in [0, 0.05) is 6.54 Å². The maximum Gasteiger partial charge on any atom is 0.414 e. The van der Waals surface area contributed by atoms with Crippen LogP contribution in [0.15, 0.2) is 24.6 Å². The smallest absolute Gasteiger partial charge is 0.206 e. The molecule has 0 unspecified atom stereocenters. The summed E-state index contributed by atoms with van der Waals surface area (Å²) in [4.78, 5) is 0. The van der Waals surface area contributed by atoms with Gasteiger partial charge >= 0.3 is 11.3 Å². The van der Waals surface area contributed by atoms with E-state index < -0.39 is 33.7 Å². The van der Waals surface area contributed by atoms with Crippen LogP contribution in [0.1, 0.15) is 0 Å². The number of hydrogen-bond acceptors (Lipinski definition) is 2. The number of hydrogen-bond donors (Lipinski definition) is 1. The fourth-order valence-corrected chi connectivity index (χ4v) is 1.32. The number of alkyl halides is 2. The van der Waals surface area contributed by atoms with Crippen LogP contribution < -0.4 is 4.72 Å². The maximum atomic E-state index is 12.6. The van der Waals surface area contributed by atoms with Crippen LogP contribution in [0.4, 0.5) is 22.0 Å². The molecule has 0 aromatic rings. The first-order valence-electron chi connectivity index (χ1n) is 3.36. The summed E-state index contributed by atoms with van der Waals surface area (Å²) in [6, 6.07) is 0. The summed E-state index contributed by atoms with van der Waals surface area (Å²) in [5, 5.41) is -5.30. The van der Waals surface area contributed by atoms with Crippen LogP contribution in [0, 0.1) is 0 Å². The van der Waals surface area contributed by atoms with Crippen molar-refractivity contribution in [1.29, 1.82) is 0 Å². The molecule has 0 saturated heterocycles. The zero-order valence-corrected chi connectivity index (χ0v) is 7.92. The molecular weight excluding hydrogens is 245 g/mol. The first kappa shape index (κ1) is 14.0. The lowest BCUT2D eigenvalue weighted by Crippen LogP contribution is -2.40. The summed E-state index contributed by atoms with van der Waals surface area (Å²) >= 11 is 0. The van der Waals surface area contributed by atoms with Gasteiger partial charge in [-0.3, -0.25) is 0 Å². The van der Waals surface area contributed by atoms with Crippen LogP contribution in [0.2, 0.25) is 0 Å². The van der Waals surface area contributed by atoms with E-state index in [2.05, 4.69) is 6.58 Å². The highest BCUT2D eigenvalue weighted by Crippen LogP contribution is 2.33. The topological polar surface area (TPSA) is 46.2 Å². The Bertz CT molecular complexity index is 371. The second-order valence-electron chi connectivity index (χ2n) is 2.23. The van der Waals surface area contributed by atoms with Crippen LogP contribution in [-0.4, -0.2) is 20.2 Å². The molecule has 0 spiro atoms. The summed E-state index contributed by atoms with van der Waals surface area (Å²) in [5.41, 5.74) is 0. The van der Waals surface area contributed by atoms with Crippen molar-refractivity contribution in [2.45, 2.75) is 5.25 Å². The number of nitrogens with one attached hydrogen (secondary N) is 1. The SMILES string of the molecule is C=CCNS(=O)(=O)C(F)(F)C(F)=C(F)F. The van der Waals surface area contributed by atoms with E-state index in [0.717, 1.165) is 6.08 Å². The third-order valence-electron chi connectivity index (χ3n) is 1.18. The third kappa shape index (κ3) is 2.99. The van der Waals surface area contributed by atoms with Gasteiger partial charge in [0.15, 0.2) is 0 Å². The van der Waals surface area contributed by atoms with Crippen molar-refractivity contribution < 1.29 is 30.4 Å². The quantitative estimate of drug-likeness (QED) is 0.597. The zero-order valence-electron chi connectivity index (χ0n) is 7.11. The summed E-state index contributed by atoms with van der Waals surface area (Å²) in [7, 11) is -5.53. The van der Waals surface area contributed by atoms with Gasteiger partial charge < -0.3 is 0 Å². The van der Waals surface area contributed by atoms with Crippen molar-refractivity contribution >= 4 is 10.0 Å². The van der Waals surface area contributed by atoms with Gasteiger partial charge in [0.05, 0.1) is 0 Å². The molecule has 0 heterocycles. The van der Waals surface area contributed by atoms with E-state index in [0.29, 0.717) is 0 Å². The molecule has 9 heteroatoms. The van der Waals surface area contributed by atoms with E-state index in [1.54, 1.807) is 0 Å². The van der Waals surface area contributed by atoms with Gasteiger partial charge in [-0.1, -0.05) is 6.08 Å². The Kier molecular flexibility index (Phi) is 4.41. The molecule has 0 aliphatic heterocycles. The maximum absolute atomic E-state index is 12.6. The second kappa shape index (κ2) is 4.71. The first-order valence-corrected chi connectivity index (χ1v) is 4.84. The van der Waals surface area contributed by atoms with Crippen molar-refractivity contribution in [1.82, 2.24) is 4.72 Å². The fraction of sp³-hybridized carbons (Fsp3) is 0.333. The third-order valence-corrected chi connectivity index (χ3v) is 2.58. The van der Waals surface area contributed by atoms with Gasteiger partial charge in [-0.2, -0.15) is 22.0 Å². The Morgan fingerprint density at radius 2 is 1.80 bits per heavy atom. The molecule has 3 nitrogen and oxygen atoms in total. The van der Waals surface area contributed by atoms with Crippen molar-refractivity contribution in [2.75, 3.05) is 6.54 Å². The van der Waals surface area contributed by atoms with E-state index in [9.17, 15) is 30.4 Å². The predicted molar refractivity (Wildman–Crippen MR) is 42.4 cm³/mol. The number of halogens is 5. The van der Waals surface area contributed by atoms with E-state index in [-0.39, 0.29) is 0 Å². The molecule has 1 N–H and O–H groups in total. The van der Waals surface area contributed by atoms with E-state index in [1.807, 2.05) is 0 Å². The molecule has 0 amide bonds. The minimum Gasteiger partial charge on any atom is -0.206 e. The molecule has 0 fully saturated rings. The monoisotopic (exact) mass is 251 g/mol. The van der Waals surface area contributed by atoms with Gasteiger partial charge in [-0.25, -0.2) is 13.1 Å². The van der Waals surface area contributed by atoms with E-state index in [4.69, 9.17) is 0 Å². The van der Waals surface area contributed by atoms with Crippen molar-refractivity contribution in [3.63, 3.8) is 0 Å². The molecule has 15 heavy (non-hydrogen) atoms. The minimum absolute atomic E-state index is 0.626. The number of sulfonamides is 1. The Morgan fingerprint density at radius 3 is 2.13 bits per heavy atom. The van der Waals surface area contributed by atoms with Crippen LogP contribution >= 0.6 is 0 Å². The average molecular weight is 251 g/mol. The molecule has 0 aromatic carbocycles. The number of rotatable bonds is 5. The fourth-order valence-electron chi connectivity index (χ4n) is 0.487. The normalized spacial score (nSPS) is 12.3. The summed E-state index contributed by atoms with van der Waals surface area (Å²) in [5.74, 6) is -3.29. The molecule has 88 valence electrons. The summed E-state index contributed by atoms with van der Waals surface area (Å²) in [6.07, 6.45) is -2.50. The summed E-state index contributed by atoms with van der Waals surface area (Å²) in [6.45, 7) is 2.37. The molecule has 0 rings (SSSR count). The largest absolute Gasteiger partial charge is 0.414 e. The lowest BCUT2D eigenvalue weighted by molar-refractivity contribution is 0.0931. The molecule has 0 aliphatic rings.